The summed E-state index contributed by atoms with van der Waals surface area (Å²) < 4.78 is 8.72. The number of amides is 1. The van der Waals surface area contributed by atoms with Gasteiger partial charge in [0.05, 0.1) is 23.2 Å². The van der Waals surface area contributed by atoms with Gasteiger partial charge in [-0.3, -0.25) is 4.79 Å². The number of aryl methyl sites for hydroxylation is 2. The van der Waals surface area contributed by atoms with E-state index in [4.69, 9.17) is 4.74 Å². The van der Waals surface area contributed by atoms with Gasteiger partial charge in [-0.1, -0.05) is 41.2 Å². The average Bonchev–Trinajstić information content (AvgIpc) is 2.93. The Balaban J connectivity index is 1.94. The number of rotatable bonds is 5. The van der Waals surface area contributed by atoms with Crippen molar-refractivity contribution in [2.45, 2.75) is 33.7 Å². The highest BCUT2D eigenvalue weighted by Crippen LogP contribution is 2.23. The molecule has 0 aliphatic rings. The Morgan fingerprint density at radius 1 is 1.16 bits per heavy atom. The number of ether oxygens (including phenoxy) is 1. The molecule has 2 aromatic carbocycles. The van der Waals surface area contributed by atoms with Crippen molar-refractivity contribution in [3.8, 4) is 5.75 Å². The predicted molar refractivity (Wildman–Crippen MR) is 102 cm³/mol. The SMILES string of the molecule is CCOc1ccc2c(c1)sc(=NC(=O)Cc1ccc(C)cc1)n2CC. The smallest absolute Gasteiger partial charge is 0.252 e. The van der Waals surface area contributed by atoms with E-state index in [1.165, 1.54) is 16.9 Å². The van der Waals surface area contributed by atoms with Crippen LogP contribution in [-0.2, 0) is 17.8 Å². The molecule has 1 heterocycles. The fourth-order valence-electron chi connectivity index (χ4n) is 2.73. The molecule has 4 nitrogen and oxygen atoms in total. The van der Waals surface area contributed by atoms with Gasteiger partial charge in [0.1, 0.15) is 5.75 Å². The second kappa shape index (κ2) is 7.66. The van der Waals surface area contributed by atoms with E-state index in [0.717, 1.165) is 32.9 Å². The van der Waals surface area contributed by atoms with Crippen molar-refractivity contribution in [3.05, 3.63) is 58.4 Å². The summed E-state index contributed by atoms with van der Waals surface area (Å²) in [7, 11) is 0. The van der Waals surface area contributed by atoms with Crippen molar-refractivity contribution in [3.63, 3.8) is 0 Å². The molecule has 0 bridgehead atoms. The molecule has 1 aromatic heterocycles. The van der Waals surface area contributed by atoms with Crippen LogP contribution in [-0.4, -0.2) is 17.1 Å². The van der Waals surface area contributed by atoms with Gasteiger partial charge in [0.2, 0.25) is 0 Å². The van der Waals surface area contributed by atoms with Gasteiger partial charge in [0.25, 0.3) is 5.91 Å². The van der Waals surface area contributed by atoms with Crippen LogP contribution >= 0.6 is 11.3 Å². The number of aromatic nitrogens is 1. The van der Waals surface area contributed by atoms with E-state index in [9.17, 15) is 4.79 Å². The normalized spacial score (nSPS) is 11.9. The summed E-state index contributed by atoms with van der Waals surface area (Å²) in [5, 5.41) is 0. The van der Waals surface area contributed by atoms with Crippen LogP contribution < -0.4 is 9.54 Å². The number of carbonyl (C=O) groups is 1. The molecule has 0 fully saturated rings. The summed E-state index contributed by atoms with van der Waals surface area (Å²) in [6.45, 7) is 7.47. The topological polar surface area (TPSA) is 43.6 Å². The first kappa shape index (κ1) is 17.4. The summed E-state index contributed by atoms with van der Waals surface area (Å²) >= 11 is 1.53. The second-order valence-electron chi connectivity index (χ2n) is 5.86. The minimum atomic E-state index is -0.123. The monoisotopic (exact) mass is 354 g/mol. The molecule has 0 radical (unpaired) electrons. The molecule has 130 valence electrons. The largest absolute Gasteiger partial charge is 0.494 e. The van der Waals surface area contributed by atoms with E-state index in [2.05, 4.69) is 16.5 Å². The molecule has 0 atom stereocenters. The number of hydrogen-bond donors (Lipinski definition) is 0. The van der Waals surface area contributed by atoms with Crippen molar-refractivity contribution >= 4 is 27.5 Å². The van der Waals surface area contributed by atoms with Crippen LogP contribution in [0.25, 0.3) is 10.2 Å². The van der Waals surface area contributed by atoms with Gasteiger partial charge in [-0.25, -0.2) is 0 Å². The van der Waals surface area contributed by atoms with Gasteiger partial charge in [-0.05, 0) is 44.5 Å². The van der Waals surface area contributed by atoms with Gasteiger partial charge >= 0.3 is 0 Å². The van der Waals surface area contributed by atoms with Crippen LogP contribution in [0.5, 0.6) is 5.75 Å². The molecule has 25 heavy (non-hydrogen) atoms. The highest BCUT2D eigenvalue weighted by atomic mass is 32.1. The van der Waals surface area contributed by atoms with Crippen molar-refractivity contribution in [2.75, 3.05) is 6.61 Å². The van der Waals surface area contributed by atoms with Crippen LogP contribution in [0.4, 0.5) is 0 Å². The molecule has 1 amide bonds. The highest BCUT2D eigenvalue weighted by molar-refractivity contribution is 7.16. The molecule has 0 spiro atoms. The quantitative estimate of drug-likeness (QED) is 0.692. The van der Waals surface area contributed by atoms with Gasteiger partial charge in [0.15, 0.2) is 4.80 Å². The van der Waals surface area contributed by atoms with E-state index in [-0.39, 0.29) is 5.91 Å². The molecule has 0 aliphatic carbocycles. The number of benzene rings is 2. The zero-order valence-corrected chi connectivity index (χ0v) is 15.6. The highest BCUT2D eigenvalue weighted by Gasteiger charge is 2.08. The summed E-state index contributed by atoms with van der Waals surface area (Å²) in [4.78, 5) is 17.5. The zero-order valence-electron chi connectivity index (χ0n) is 14.8. The number of hydrogen-bond acceptors (Lipinski definition) is 3. The van der Waals surface area contributed by atoms with Crippen LogP contribution in [0, 0.1) is 6.92 Å². The van der Waals surface area contributed by atoms with Crippen molar-refractivity contribution in [1.82, 2.24) is 4.57 Å². The lowest BCUT2D eigenvalue weighted by Crippen LogP contribution is -2.16. The summed E-state index contributed by atoms with van der Waals surface area (Å²) in [5.41, 5.74) is 3.26. The van der Waals surface area contributed by atoms with E-state index in [1.807, 2.05) is 56.3 Å². The number of nitrogens with zero attached hydrogens (tertiary/aromatic N) is 2. The van der Waals surface area contributed by atoms with E-state index < -0.39 is 0 Å². The maximum absolute atomic E-state index is 12.4. The van der Waals surface area contributed by atoms with Crippen LogP contribution in [0.3, 0.4) is 0 Å². The van der Waals surface area contributed by atoms with E-state index >= 15 is 0 Å². The Morgan fingerprint density at radius 2 is 1.92 bits per heavy atom. The Kier molecular flexibility index (Phi) is 5.34. The number of carbonyl (C=O) groups excluding carboxylic acids is 1. The summed E-state index contributed by atoms with van der Waals surface area (Å²) in [6.07, 6.45) is 0.322. The molecule has 5 heteroatoms. The second-order valence-corrected chi connectivity index (χ2v) is 6.87. The summed E-state index contributed by atoms with van der Waals surface area (Å²) in [5.74, 6) is 0.722. The van der Waals surface area contributed by atoms with Gasteiger partial charge in [0, 0.05) is 6.54 Å². The molecule has 0 N–H and O–H groups in total. The van der Waals surface area contributed by atoms with Crippen LogP contribution in [0.2, 0.25) is 0 Å². The summed E-state index contributed by atoms with van der Waals surface area (Å²) in [6, 6.07) is 14.0. The number of fused-ring (bicyclic) bond motifs is 1. The number of thiazole rings is 1. The first-order chi connectivity index (χ1) is 12.1. The first-order valence-corrected chi connectivity index (χ1v) is 9.31. The minimum absolute atomic E-state index is 0.123. The average molecular weight is 354 g/mol. The fourth-order valence-corrected chi connectivity index (χ4v) is 3.87. The third-order valence-electron chi connectivity index (χ3n) is 3.98. The molecule has 3 rings (SSSR count). The Hall–Kier alpha value is -2.40. The lowest BCUT2D eigenvalue weighted by molar-refractivity contribution is -0.117. The molecule has 3 aromatic rings. The zero-order chi connectivity index (χ0) is 17.8. The fraction of sp³-hybridized carbons (Fsp3) is 0.300. The van der Waals surface area contributed by atoms with Crippen LogP contribution in [0.15, 0.2) is 47.5 Å². The first-order valence-electron chi connectivity index (χ1n) is 8.50. The maximum atomic E-state index is 12.4. The molecule has 0 saturated carbocycles. The Labute approximate surface area is 151 Å². The van der Waals surface area contributed by atoms with Crippen molar-refractivity contribution < 1.29 is 9.53 Å². The molecule has 0 aliphatic heterocycles. The third kappa shape index (κ3) is 3.99. The minimum Gasteiger partial charge on any atom is -0.494 e. The molecule has 0 unspecified atom stereocenters. The Morgan fingerprint density at radius 3 is 2.60 bits per heavy atom. The lowest BCUT2D eigenvalue weighted by Gasteiger charge is -2.03. The van der Waals surface area contributed by atoms with Crippen molar-refractivity contribution in [2.24, 2.45) is 4.99 Å². The molecular weight excluding hydrogens is 332 g/mol. The predicted octanol–water partition coefficient (Wildman–Crippen LogP) is 4.10. The van der Waals surface area contributed by atoms with Gasteiger partial charge in [-0.15, -0.1) is 0 Å². The lowest BCUT2D eigenvalue weighted by atomic mass is 10.1. The van der Waals surface area contributed by atoms with E-state index in [1.54, 1.807) is 0 Å². The van der Waals surface area contributed by atoms with Gasteiger partial charge in [-0.2, -0.15) is 4.99 Å². The maximum Gasteiger partial charge on any atom is 0.252 e. The molecular formula is C20H22N2O2S. The van der Waals surface area contributed by atoms with Crippen LogP contribution in [0.1, 0.15) is 25.0 Å². The third-order valence-corrected chi connectivity index (χ3v) is 5.02. The molecule has 0 saturated heterocycles. The standard InChI is InChI=1S/C20H22N2O2S/c1-4-22-17-11-10-16(24-5-2)13-18(17)25-20(22)21-19(23)12-15-8-6-14(3)7-9-15/h6-11,13H,4-5,12H2,1-3H3. The van der Waals surface area contributed by atoms with Crippen molar-refractivity contribution in [1.29, 1.82) is 0 Å². The Bertz CT molecular complexity index is 952. The van der Waals surface area contributed by atoms with Gasteiger partial charge < -0.3 is 9.30 Å². The van der Waals surface area contributed by atoms with E-state index in [0.29, 0.717) is 13.0 Å².